The lowest BCUT2D eigenvalue weighted by Gasteiger charge is -2.17. The second-order valence-electron chi connectivity index (χ2n) is 6.47. The van der Waals surface area contributed by atoms with Gasteiger partial charge in [-0.05, 0) is 25.0 Å². The molecule has 1 aliphatic rings. The molecule has 0 amide bonds. The van der Waals surface area contributed by atoms with Gasteiger partial charge in [0.05, 0.1) is 10.9 Å². The van der Waals surface area contributed by atoms with E-state index in [9.17, 15) is 0 Å². The summed E-state index contributed by atoms with van der Waals surface area (Å²) < 4.78 is 0. The van der Waals surface area contributed by atoms with Crippen molar-refractivity contribution in [3.05, 3.63) is 60.2 Å². The van der Waals surface area contributed by atoms with Gasteiger partial charge in [-0.1, -0.05) is 29.8 Å². The molecule has 0 aliphatic carbocycles. The maximum Gasteiger partial charge on any atom is 0.137 e. The summed E-state index contributed by atoms with van der Waals surface area (Å²) in [4.78, 5) is 15.4. The monoisotopic (exact) mass is 319 g/mol. The molecule has 3 heterocycles. The highest BCUT2D eigenvalue weighted by molar-refractivity contribution is 5.88. The van der Waals surface area contributed by atoms with Crippen LogP contribution in [0.15, 0.2) is 49.1 Å². The van der Waals surface area contributed by atoms with Crippen LogP contribution in [0.2, 0.25) is 0 Å². The SMILES string of the molecule is Cc1ccc(CN2CCC(Nc3nccc4ncncc34)C2)cc1. The molecule has 0 radical (unpaired) electrons. The molecule has 0 spiro atoms. The highest BCUT2D eigenvalue weighted by Gasteiger charge is 2.23. The van der Waals surface area contributed by atoms with E-state index >= 15 is 0 Å². The second-order valence-corrected chi connectivity index (χ2v) is 6.47. The summed E-state index contributed by atoms with van der Waals surface area (Å²) in [5.41, 5.74) is 3.61. The van der Waals surface area contributed by atoms with Crippen molar-refractivity contribution in [2.45, 2.75) is 25.9 Å². The zero-order valence-electron chi connectivity index (χ0n) is 13.8. The molecule has 5 heteroatoms. The van der Waals surface area contributed by atoms with Crippen molar-refractivity contribution in [2.75, 3.05) is 18.4 Å². The Morgan fingerprint density at radius 3 is 2.92 bits per heavy atom. The van der Waals surface area contributed by atoms with Crippen molar-refractivity contribution >= 4 is 16.7 Å². The summed E-state index contributed by atoms with van der Waals surface area (Å²) in [6.07, 6.45) is 6.33. The first-order chi connectivity index (χ1) is 11.8. The molecule has 1 aromatic carbocycles. The molecule has 1 atom stereocenters. The van der Waals surface area contributed by atoms with E-state index in [4.69, 9.17) is 0 Å². The van der Waals surface area contributed by atoms with Crippen LogP contribution in [0.25, 0.3) is 10.9 Å². The Kier molecular flexibility index (Phi) is 4.09. The fourth-order valence-electron chi connectivity index (χ4n) is 3.26. The number of aryl methyl sites for hydroxylation is 1. The molecule has 0 bridgehead atoms. The number of hydrogen-bond donors (Lipinski definition) is 1. The summed E-state index contributed by atoms with van der Waals surface area (Å²) in [5, 5.41) is 4.56. The van der Waals surface area contributed by atoms with Crippen molar-refractivity contribution in [3.63, 3.8) is 0 Å². The summed E-state index contributed by atoms with van der Waals surface area (Å²) >= 11 is 0. The summed E-state index contributed by atoms with van der Waals surface area (Å²) in [7, 11) is 0. The number of aromatic nitrogens is 3. The van der Waals surface area contributed by atoms with Gasteiger partial charge in [-0.15, -0.1) is 0 Å². The van der Waals surface area contributed by atoms with Crippen molar-refractivity contribution < 1.29 is 0 Å². The highest BCUT2D eigenvalue weighted by atomic mass is 15.2. The van der Waals surface area contributed by atoms with E-state index in [1.807, 2.05) is 12.3 Å². The van der Waals surface area contributed by atoms with Crippen LogP contribution in [0.1, 0.15) is 17.5 Å². The highest BCUT2D eigenvalue weighted by Crippen LogP contribution is 2.22. The van der Waals surface area contributed by atoms with Gasteiger partial charge in [0.25, 0.3) is 0 Å². The Bertz CT molecular complexity index is 825. The first-order valence-corrected chi connectivity index (χ1v) is 8.37. The molecule has 24 heavy (non-hydrogen) atoms. The molecule has 122 valence electrons. The van der Waals surface area contributed by atoms with Gasteiger partial charge >= 0.3 is 0 Å². The molecule has 1 saturated heterocycles. The normalized spacial score (nSPS) is 18.1. The van der Waals surface area contributed by atoms with E-state index in [0.29, 0.717) is 6.04 Å². The maximum atomic E-state index is 4.48. The summed E-state index contributed by atoms with van der Waals surface area (Å²) in [5.74, 6) is 0.885. The first-order valence-electron chi connectivity index (χ1n) is 8.37. The van der Waals surface area contributed by atoms with Crippen LogP contribution >= 0.6 is 0 Å². The fourth-order valence-corrected chi connectivity index (χ4v) is 3.26. The number of nitrogens with one attached hydrogen (secondary N) is 1. The van der Waals surface area contributed by atoms with E-state index < -0.39 is 0 Å². The molecule has 4 rings (SSSR count). The van der Waals surface area contributed by atoms with Gasteiger partial charge in [0.1, 0.15) is 12.1 Å². The molecule has 1 fully saturated rings. The number of likely N-dealkylation sites (tertiary alicyclic amines) is 1. The molecule has 5 nitrogen and oxygen atoms in total. The molecular formula is C19H21N5. The molecule has 1 aliphatic heterocycles. The average Bonchev–Trinajstić information content (AvgIpc) is 3.04. The van der Waals surface area contributed by atoms with Gasteiger partial charge in [0.2, 0.25) is 0 Å². The minimum atomic E-state index is 0.411. The lowest BCUT2D eigenvalue weighted by molar-refractivity contribution is 0.328. The predicted molar refractivity (Wildman–Crippen MR) is 95.8 cm³/mol. The molecule has 1 N–H and O–H groups in total. The van der Waals surface area contributed by atoms with Crippen LogP contribution in [-0.2, 0) is 6.54 Å². The van der Waals surface area contributed by atoms with E-state index in [-0.39, 0.29) is 0 Å². The molecule has 1 unspecified atom stereocenters. The molecule has 3 aromatic rings. The molecule has 2 aromatic heterocycles. The third-order valence-corrected chi connectivity index (χ3v) is 4.57. The quantitative estimate of drug-likeness (QED) is 0.801. The first kappa shape index (κ1) is 15.0. The Morgan fingerprint density at radius 2 is 2.04 bits per heavy atom. The smallest absolute Gasteiger partial charge is 0.137 e. The summed E-state index contributed by atoms with van der Waals surface area (Å²) in [6, 6.07) is 11.1. The van der Waals surface area contributed by atoms with Crippen LogP contribution in [0.4, 0.5) is 5.82 Å². The standard InChI is InChI=1S/C19H21N5/c1-14-2-4-15(5-3-14)11-24-9-7-16(12-24)23-19-17-10-20-13-22-18(17)6-8-21-19/h2-6,8,10,13,16H,7,9,11-12H2,1H3,(H,21,23). The van der Waals surface area contributed by atoms with Gasteiger partial charge in [-0.3, -0.25) is 4.90 Å². The largest absolute Gasteiger partial charge is 0.365 e. The molecular weight excluding hydrogens is 298 g/mol. The van der Waals surface area contributed by atoms with Crippen LogP contribution in [0.5, 0.6) is 0 Å². The van der Waals surface area contributed by atoms with Gasteiger partial charge in [0, 0.05) is 38.1 Å². The van der Waals surface area contributed by atoms with E-state index in [1.165, 1.54) is 11.1 Å². The zero-order chi connectivity index (χ0) is 16.4. The Balaban J connectivity index is 1.42. The topological polar surface area (TPSA) is 53.9 Å². The van der Waals surface area contributed by atoms with Gasteiger partial charge in [-0.2, -0.15) is 0 Å². The maximum absolute atomic E-state index is 4.48. The number of nitrogens with zero attached hydrogens (tertiary/aromatic N) is 4. The number of pyridine rings is 1. The fraction of sp³-hybridized carbons (Fsp3) is 0.316. The Morgan fingerprint density at radius 1 is 1.17 bits per heavy atom. The van der Waals surface area contributed by atoms with Crippen molar-refractivity contribution in [3.8, 4) is 0 Å². The third kappa shape index (κ3) is 3.21. The van der Waals surface area contributed by atoms with Crippen LogP contribution < -0.4 is 5.32 Å². The number of hydrogen-bond acceptors (Lipinski definition) is 5. The van der Waals surface area contributed by atoms with Crippen LogP contribution in [0, 0.1) is 6.92 Å². The molecule has 0 saturated carbocycles. The van der Waals surface area contributed by atoms with Crippen LogP contribution in [0.3, 0.4) is 0 Å². The Hall–Kier alpha value is -2.53. The van der Waals surface area contributed by atoms with Crippen molar-refractivity contribution in [2.24, 2.45) is 0 Å². The van der Waals surface area contributed by atoms with E-state index in [2.05, 4.69) is 56.4 Å². The number of rotatable bonds is 4. The third-order valence-electron chi connectivity index (χ3n) is 4.57. The lowest BCUT2D eigenvalue weighted by atomic mass is 10.1. The summed E-state index contributed by atoms with van der Waals surface area (Å²) in [6.45, 7) is 5.26. The minimum Gasteiger partial charge on any atom is -0.365 e. The van der Waals surface area contributed by atoms with E-state index in [0.717, 1.165) is 42.8 Å². The average molecular weight is 319 g/mol. The van der Waals surface area contributed by atoms with Gasteiger partial charge < -0.3 is 5.32 Å². The van der Waals surface area contributed by atoms with Crippen LogP contribution in [-0.4, -0.2) is 39.0 Å². The lowest BCUT2D eigenvalue weighted by Crippen LogP contribution is -2.26. The number of benzene rings is 1. The van der Waals surface area contributed by atoms with Gasteiger partial charge in [0.15, 0.2) is 0 Å². The van der Waals surface area contributed by atoms with E-state index in [1.54, 1.807) is 12.5 Å². The van der Waals surface area contributed by atoms with Crippen molar-refractivity contribution in [1.82, 2.24) is 19.9 Å². The zero-order valence-corrected chi connectivity index (χ0v) is 13.8. The number of anilines is 1. The number of fused-ring (bicyclic) bond motifs is 1. The predicted octanol–water partition coefficient (Wildman–Crippen LogP) is 3.02. The Labute approximate surface area is 141 Å². The second kappa shape index (κ2) is 6.53. The van der Waals surface area contributed by atoms with Gasteiger partial charge in [-0.25, -0.2) is 15.0 Å². The van der Waals surface area contributed by atoms with Crippen molar-refractivity contribution in [1.29, 1.82) is 0 Å². The minimum absolute atomic E-state index is 0.411.